The van der Waals surface area contributed by atoms with Crippen molar-refractivity contribution in [1.29, 1.82) is 0 Å². The van der Waals surface area contributed by atoms with Crippen LogP contribution >= 0.6 is 0 Å². The molecule has 142 valence electrons. The predicted molar refractivity (Wildman–Crippen MR) is 99.0 cm³/mol. The van der Waals surface area contributed by atoms with E-state index in [1.54, 1.807) is 13.8 Å². The first-order chi connectivity index (χ1) is 13.2. The third kappa shape index (κ3) is 3.67. The summed E-state index contributed by atoms with van der Waals surface area (Å²) in [5, 5.41) is 2.43. The van der Waals surface area contributed by atoms with Gasteiger partial charge in [-0.2, -0.15) is 0 Å². The number of anilines is 1. The van der Waals surface area contributed by atoms with E-state index in [4.69, 9.17) is 17.9 Å². The molecule has 1 aliphatic rings. The van der Waals surface area contributed by atoms with Gasteiger partial charge in [0.1, 0.15) is 0 Å². The number of carbonyl (C=O) groups is 4. The van der Waals surface area contributed by atoms with E-state index in [9.17, 15) is 19.2 Å². The first-order valence-electron chi connectivity index (χ1n) is 8.36. The van der Waals surface area contributed by atoms with E-state index < -0.39 is 46.9 Å². The fraction of sp³-hybridized carbons (Fsp3) is 0.300. The number of fused-ring (bicyclic) bond motifs is 1. The Morgan fingerprint density at radius 2 is 1.71 bits per heavy atom. The quantitative estimate of drug-likeness (QED) is 0.626. The van der Waals surface area contributed by atoms with Crippen LogP contribution in [-0.2, 0) is 14.3 Å². The monoisotopic (exact) mass is 379 g/mol. The van der Waals surface area contributed by atoms with Gasteiger partial charge in [0.15, 0.2) is 18.2 Å². The number of hydrogen-bond acceptors (Lipinski definition) is 5. The van der Waals surface area contributed by atoms with Crippen LogP contribution in [0.15, 0.2) is 29.6 Å². The first-order valence-corrected chi connectivity index (χ1v) is 8.36. The molecule has 1 aliphatic carbocycles. The van der Waals surface area contributed by atoms with Crippen LogP contribution in [0, 0.1) is 18.6 Å². The molecule has 8 heteroatoms. The van der Waals surface area contributed by atoms with E-state index in [0.29, 0.717) is 6.42 Å². The molecule has 0 aliphatic heterocycles. The summed E-state index contributed by atoms with van der Waals surface area (Å²) in [4.78, 5) is 55.2. The maximum atomic E-state index is 12.6. The standard InChI is InChI=1S/C20H17N3O5/c1-6-20(2,3)19(27)28-10-13(24)23-12-9-7-8-11-14(12)18(26)16(22-5)15(21-4)17(11)25/h7-9H,6,10H2,1-3H3,(H,23,24). The Morgan fingerprint density at radius 3 is 2.29 bits per heavy atom. The minimum Gasteiger partial charge on any atom is -0.455 e. The molecular weight excluding hydrogens is 362 g/mol. The van der Waals surface area contributed by atoms with Crippen molar-refractivity contribution in [1.82, 2.24) is 0 Å². The zero-order valence-corrected chi connectivity index (χ0v) is 15.6. The van der Waals surface area contributed by atoms with Gasteiger partial charge in [-0.1, -0.05) is 19.1 Å². The second kappa shape index (κ2) is 7.85. The molecule has 0 atom stereocenters. The average molecular weight is 379 g/mol. The van der Waals surface area contributed by atoms with Crippen molar-refractivity contribution in [3.63, 3.8) is 0 Å². The van der Waals surface area contributed by atoms with E-state index in [1.807, 2.05) is 6.92 Å². The second-order valence-electron chi connectivity index (χ2n) is 6.67. The molecule has 0 bridgehead atoms. The number of allylic oxidation sites excluding steroid dienone is 2. The van der Waals surface area contributed by atoms with Crippen LogP contribution in [0.5, 0.6) is 0 Å². The number of nitrogens with zero attached hydrogens (tertiary/aromatic N) is 2. The summed E-state index contributed by atoms with van der Waals surface area (Å²) in [5.41, 5.74) is -2.06. The number of rotatable bonds is 5. The maximum Gasteiger partial charge on any atom is 0.312 e. The molecule has 0 aromatic heterocycles. The van der Waals surface area contributed by atoms with Crippen molar-refractivity contribution in [2.45, 2.75) is 27.2 Å². The molecule has 0 unspecified atom stereocenters. The predicted octanol–water partition coefficient (Wildman–Crippen LogP) is 3.03. The minimum absolute atomic E-state index is 0.0110. The zero-order valence-electron chi connectivity index (χ0n) is 15.6. The number of Topliss-reactive ketones (excluding diaryl/α,β-unsaturated/α-hetero) is 2. The Hall–Kier alpha value is -3.78. The Balaban J connectivity index is 2.28. The summed E-state index contributed by atoms with van der Waals surface area (Å²) < 4.78 is 5.00. The third-order valence-corrected chi connectivity index (χ3v) is 4.46. The van der Waals surface area contributed by atoms with Crippen molar-refractivity contribution < 1.29 is 23.9 Å². The molecule has 28 heavy (non-hydrogen) atoms. The van der Waals surface area contributed by atoms with Gasteiger partial charge in [-0.15, -0.1) is 0 Å². The number of ketones is 2. The number of ether oxygens (including phenoxy) is 1. The number of carbonyl (C=O) groups excluding carboxylic acids is 4. The summed E-state index contributed by atoms with van der Waals surface area (Å²) in [6, 6.07) is 4.18. The van der Waals surface area contributed by atoms with E-state index in [2.05, 4.69) is 15.0 Å². The van der Waals surface area contributed by atoms with Gasteiger partial charge < -0.3 is 19.6 Å². The lowest BCUT2D eigenvalue weighted by molar-refractivity contribution is -0.156. The van der Waals surface area contributed by atoms with Crippen LogP contribution < -0.4 is 5.32 Å². The van der Waals surface area contributed by atoms with Crippen molar-refractivity contribution in [3.8, 4) is 0 Å². The van der Waals surface area contributed by atoms with E-state index in [-0.39, 0.29) is 16.8 Å². The van der Waals surface area contributed by atoms with Crippen molar-refractivity contribution in [3.05, 3.63) is 63.6 Å². The summed E-state index contributed by atoms with van der Waals surface area (Å²) in [7, 11) is 0. The summed E-state index contributed by atoms with van der Waals surface area (Å²) in [5.74, 6) is -2.79. The lowest BCUT2D eigenvalue weighted by atomic mass is 9.89. The molecule has 0 saturated heterocycles. The van der Waals surface area contributed by atoms with Gasteiger partial charge in [-0.05, 0) is 26.3 Å². The number of amides is 1. The number of esters is 1. The van der Waals surface area contributed by atoms with Crippen LogP contribution in [-0.4, -0.2) is 30.0 Å². The fourth-order valence-corrected chi connectivity index (χ4v) is 2.42. The molecule has 0 fully saturated rings. The second-order valence-corrected chi connectivity index (χ2v) is 6.67. The van der Waals surface area contributed by atoms with Gasteiger partial charge in [0.05, 0.1) is 24.2 Å². The van der Waals surface area contributed by atoms with Crippen LogP contribution in [0.2, 0.25) is 0 Å². The first kappa shape index (κ1) is 20.5. The Labute approximate surface area is 161 Å². The molecule has 0 spiro atoms. The maximum absolute atomic E-state index is 12.6. The van der Waals surface area contributed by atoms with Gasteiger partial charge in [0, 0.05) is 11.1 Å². The minimum atomic E-state index is -0.810. The molecule has 1 aromatic rings. The molecule has 0 radical (unpaired) electrons. The summed E-state index contributed by atoms with van der Waals surface area (Å²) in [6.07, 6.45) is 0.533. The molecule has 8 nitrogen and oxygen atoms in total. The highest BCUT2D eigenvalue weighted by molar-refractivity contribution is 6.30. The Morgan fingerprint density at radius 1 is 1.11 bits per heavy atom. The van der Waals surface area contributed by atoms with Gasteiger partial charge in [0.25, 0.3) is 5.91 Å². The largest absolute Gasteiger partial charge is 0.455 e. The van der Waals surface area contributed by atoms with Gasteiger partial charge >= 0.3 is 5.97 Å². The lowest BCUT2D eigenvalue weighted by Gasteiger charge is -2.21. The van der Waals surface area contributed by atoms with Crippen LogP contribution in [0.1, 0.15) is 47.9 Å². The summed E-state index contributed by atoms with van der Waals surface area (Å²) in [6.45, 7) is 18.8. The van der Waals surface area contributed by atoms with Gasteiger partial charge in [-0.25, -0.2) is 9.69 Å². The Bertz CT molecular complexity index is 1010. The molecule has 0 heterocycles. The smallest absolute Gasteiger partial charge is 0.312 e. The Kier molecular flexibility index (Phi) is 5.75. The van der Waals surface area contributed by atoms with E-state index in [1.165, 1.54) is 18.2 Å². The lowest BCUT2D eigenvalue weighted by Crippen LogP contribution is -2.30. The van der Waals surface area contributed by atoms with Gasteiger partial charge in [-0.3, -0.25) is 9.59 Å². The normalized spacial score (nSPS) is 13.3. The van der Waals surface area contributed by atoms with Crippen LogP contribution in [0.25, 0.3) is 9.69 Å². The van der Waals surface area contributed by atoms with Crippen molar-refractivity contribution in [2.24, 2.45) is 5.41 Å². The number of benzene rings is 1. The molecule has 1 aromatic carbocycles. The highest BCUT2D eigenvalue weighted by atomic mass is 16.5. The highest BCUT2D eigenvalue weighted by Gasteiger charge is 2.35. The molecule has 2 rings (SSSR count). The molecular formula is C20H17N3O5. The van der Waals surface area contributed by atoms with Crippen molar-refractivity contribution in [2.75, 3.05) is 11.9 Å². The summed E-state index contributed by atoms with van der Waals surface area (Å²) >= 11 is 0. The van der Waals surface area contributed by atoms with E-state index in [0.717, 1.165) is 0 Å². The van der Waals surface area contributed by atoms with E-state index >= 15 is 0 Å². The topological polar surface area (TPSA) is 98.3 Å². The number of hydrogen-bond donors (Lipinski definition) is 1. The highest BCUT2D eigenvalue weighted by Crippen LogP contribution is 2.32. The van der Waals surface area contributed by atoms with Crippen LogP contribution in [0.4, 0.5) is 5.69 Å². The SMILES string of the molecule is [C-]#[N+]C1=C([N+]#[C-])C(=O)c2c(NC(=O)COC(=O)C(C)(C)CC)cccc2C1=O. The number of nitrogens with one attached hydrogen (secondary N) is 1. The molecule has 1 amide bonds. The molecule has 0 saturated carbocycles. The molecule has 1 N–H and O–H groups in total. The van der Waals surface area contributed by atoms with Crippen LogP contribution in [0.3, 0.4) is 0 Å². The average Bonchev–Trinajstić information content (AvgIpc) is 2.68. The third-order valence-electron chi connectivity index (χ3n) is 4.46. The fourth-order valence-electron chi connectivity index (χ4n) is 2.42. The van der Waals surface area contributed by atoms with Crippen molar-refractivity contribution >= 4 is 29.1 Å². The zero-order chi connectivity index (χ0) is 21.1. The van der Waals surface area contributed by atoms with Gasteiger partial charge in [0.2, 0.25) is 11.4 Å².